The predicted molar refractivity (Wildman–Crippen MR) is 80.3 cm³/mol. The Morgan fingerprint density at radius 1 is 1.10 bits per heavy atom. The fraction of sp³-hybridized carbons (Fsp3) is 0.333. The third-order valence-electron chi connectivity index (χ3n) is 4.58. The van der Waals surface area contributed by atoms with E-state index in [-0.39, 0.29) is 23.1 Å². The number of nitrogens with one attached hydrogen (secondary N) is 1. The molecule has 21 heavy (non-hydrogen) atoms. The van der Waals surface area contributed by atoms with Crippen molar-refractivity contribution in [3.8, 4) is 0 Å². The summed E-state index contributed by atoms with van der Waals surface area (Å²) >= 11 is 0. The molecule has 1 atom stereocenters. The summed E-state index contributed by atoms with van der Waals surface area (Å²) < 4.78 is 27.2. The second-order valence-corrected chi connectivity index (χ2v) is 5.80. The van der Waals surface area contributed by atoms with Gasteiger partial charge in [0.2, 0.25) is 0 Å². The molecule has 1 aliphatic rings. The van der Waals surface area contributed by atoms with Crippen LogP contribution in [0.3, 0.4) is 0 Å². The van der Waals surface area contributed by atoms with Crippen molar-refractivity contribution >= 4 is 0 Å². The number of hydrogen-bond acceptors (Lipinski definition) is 1. The molecule has 110 valence electrons. The molecule has 1 saturated carbocycles. The highest BCUT2D eigenvalue weighted by Crippen LogP contribution is 2.51. The molecule has 2 aromatic carbocycles. The first-order valence-electron chi connectivity index (χ1n) is 7.32. The SMILES string of the molecule is CNC(Cc1cc(F)ccc1F)C1(c2ccccc2)CC1. The quantitative estimate of drug-likeness (QED) is 0.881. The summed E-state index contributed by atoms with van der Waals surface area (Å²) in [7, 11) is 1.89. The zero-order chi connectivity index (χ0) is 14.9. The first-order chi connectivity index (χ1) is 10.2. The van der Waals surface area contributed by atoms with E-state index < -0.39 is 0 Å². The van der Waals surface area contributed by atoms with Crippen molar-refractivity contribution < 1.29 is 8.78 Å². The van der Waals surface area contributed by atoms with E-state index in [1.807, 2.05) is 25.2 Å². The second-order valence-electron chi connectivity index (χ2n) is 5.80. The highest BCUT2D eigenvalue weighted by atomic mass is 19.1. The van der Waals surface area contributed by atoms with Crippen LogP contribution in [0.4, 0.5) is 8.78 Å². The Balaban J connectivity index is 1.88. The normalized spacial score (nSPS) is 17.5. The molecule has 0 radical (unpaired) electrons. The van der Waals surface area contributed by atoms with Crippen LogP contribution in [0.15, 0.2) is 48.5 Å². The molecule has 3 rings (SSSR count). The van der Waals surface area contributed by atoms with Gasteiger partial charge in [0.1, 0.15) is 11.6 Å². The van der Waals surface area contributed by atoms with Crippen molar-refractivity contribution in [3.63, 3.8) is 0 Å². The summed E-state index contributed by atoms with van der Waals surface area (Å²) in [6, 6.07) is 14.1. The van der Waals surface area contributed by atoms with Gasteiger partial charge >= 0.3 is 0 Å². The van der Waals surface area contributed by atoms with E-state index in [0.29, 0.717) is 12.0 Å². The van der Waals surface area contributed by atoms with Crippen molar-refractivity contribution in [1.82, 2.24) is 5.32 Å². The van der Waals surface area contributed by atoms with Crippen molar-refractivity contribution in [1.29, 1.82) is 0 Å². The van der Waals surface area contributed by atoms with Gasteiger partial charge in [0.15, 0.2) is 0 Å². The minimum atomic E-state index is -0.384. The molecular weight excluding hydrogens is 268 g/mol. The lowest BCUT2D eigenvalue weighted by Crippen LogP contribution is -2.39. The molecule has 2 aromatic rings. The van der Waals surface area contributed by atoms with Crippen LogP contribution >= 0.6 is 0 Å². The molecule has 0 spiro atoms. The van der Waals surface area contributed by atoms with Crippen LogP contribution in [0.1, 0.15) is 24.0 Å². The number of benzene rings is 2. The van der Waals surface area contributed by atoms with E-state index in [9.17, 15) is 8.78 Å². The largest absolute Gasteiger partial charge is 0.316 e. The molecule has 0 saturated heterocycles. The maximum absolute atomic E-state index is 13.9. The Morgan fingerprint density at radius 3 is 2.43 bits per heavy atom. The molecule has 1 unspecified atom stereocenters. The van der Waals surface area contributed by atoms with Crippen molar-refractivity contribution in [2.24, 2.45) is 0 Å². The topological polar surface area (TPSA) is 12.0 Å². The molecule has 1 nitrogen and oxygen atoms in total. The van der Waals surface area contributed by atoms with Crippen molar-refractivity contribution in [3.05, 3.63) is 71.3 Å². The first-order valence-corrected chi connectivity index (χ1v) is 7.32. The van der Waals surface area contributed by atoms with Crippen LogP contribution in [0.2, 0.25) is 0 Å². The van der Waals surface area contributed by atoms with Crippen LogP contribution in [-0.4, -0.2) is 13.1 Å². The van der Waals surface area contributed by atoms with E-state index in [2.05, 4.69) is 17.4 Å². The molecule has 0 aliphatic heterocycles. The Bertz CT molecular complexity index is 620. The summed E-state index contributed by atoms with van der Waals surface area (Å²) in [6.07, 6.45) is 2.66. The summed E-state index contributed by atoms with van der Waals surface area (Å²) in [5, 5.41) is 3.31. The molecule has 1 fully saturated rings. The van der Waals surface area contributed by atoms with Gasteiger partial charge in [0.25, 0.3) is 0 Å². The number of halogens is 2. The van der Waals surface area contributed by atoms with Crippen LogP contribution in [-0.2, 0) is 11.8 Å². The number of likely N-dealkylation sites (N-methyl/N-ethyl adjacent to an activating group) is 1. The Morgan fingerprint density at radius 2 is 1.81 bits per heavy atom. The van der Waals surface area contributed by atoms with Gasteiger partial charge in [0, 0.05) is 11.5 Å². The highest BCUT2D eigenvalue weighted by molar-refractivity contribution is 5.35. The smallest absolute Gasteiger partial charge is 0.126 e. The van der Waals surface area contributed by atoms with Gasteiger partial charge < -0.3 is 5.32 Å². The molecule has 0 aromatic heterocycles. The van der Waals surface area contributed by atoms with E-state index in [1.165, 1.54) is 17.7 Å². The molecular formula is C18H19F2N. The summed E-state index contributed by atoms with van der Waals surface area (Å²) in [6.45, 7) is 0. The molecule has 1 N–H and O–H groups in total. The fourth-order valence-electron chi connectivity index (χ4n) is 3.24. The lowest BCUT2D eigenvalue weighted by Gasteiger charge is -2.27. The van der Waals surface area contributed by atoms with E-state index in [0.717, 1.165) is 18.9 Å². The average molecular weight is 287 g/mol. The van der Waals surface area contributed by atoms with Gasteiger partial charge in [-0.25, -0.2) is 8.78 Å². The molecule has 0 heterocycles. The standard InChI is InChI=1S/C18H19F2N/c1-21-17(12-13-11-15(19)7-8-16(13)20)18(9-10-18)14-5-3-2-4-6-14/h2-8,11,17,21H,9-10,12H2,1H3. The van der Waals surface area contributed by atoms with Gasteiger partial charge in [-0.2, -0.15) is 0 Å². The minimum absolute atomic E-state index is 0.0504. The van der Waals surface area contributed by atoms with Crippen molar-refractivity contribution in [2.45, 2.75) is 30.7 Å². The van der Waals surface area contributed by atoms with Crippen LogP contribution < -0.4 is 5.32 Å². The van der Waals surface area contributed by atoms with Crippen LogP contribution in [0.25, 0.3) is 0 Å². The van der Waals surface area contributed by atoms with Crippen LogP contribution in [0, 0.1) is 11.6 Å². The Kier molecular flexibility index (Phi) is 3.77. The van der Waals surface area contributed by atoms with Crippen LogP contribution in [0.5, 0.6) is 0 Å². The molecule has 3 heteroatoms. The zero-order valence-electron chi connectivity index (χ0n) is 12.1. The third kappa shape index (κ3) is 2.70. The summed E-state index contributed by atoms with van der Waals surface area (Å²) in [5.74, 6) is -0.716. The van der Waals surface area contributed by atoms with Gasteiger partial charge in [-0.15, -0.1) is 0 Å². The minimum Gasteiger partial charge on any atom is -0.316 e. The number of rotatable bonds is 5. The van der Waals surface area contributed by atoms with E-state index in [1.54, 1.807) is 0 Å². The Labute approximate surface area is 124 Å². The van der Waals surface area contributed by atoms with Crippen molar-refractivity contribution in [2.75, 3.05) is 7.05 Å². The Hall–Kier alpha value is -1.74. The zero-order valence-corrected chi connectivity index (χ0v) is 12.1. The first kappa shape index (κ1) is 14.2. The number of hydrogen-bond donors (Lipinski definition) is 1. The maximum atomic E-state index is 13.9. The monoisotopic (exact) mass is 287 g/mol. The van der Waals surface area contributed by atoms with Gasteiger partial charge in [-0.1, -0.05) is 30.3 Å². The predicted octanol–water partition coefficient (Wildman–Crippen LogP) is 3.83. The van der Waals surface area contributed by atoms with E-state index in [4.69, 9.17) is 0 Å². The molecule has 0 bridgehead atoms. The van der Waals surface area contributed by atoms with E-state index >= 15 is 0 Å². The van der Waals surface area contributed by atoms with Gasteiger partial charge in [-0.3, -0.25) is 0 Å². The highest BCUT2D eigenvalue weighted by Gasteiger charge is 2.49. The average Bonchev–Trinajstić information content (AvgIpc) is 3.31. The molecule has 0 amide bonds. The lowest BCUT2D eigenvalue weighted by molar-refractivity contribution is 0.434. The molecule has 1 aliphatic carbocycles. The van der Waals surface area contributed by atoms with Gasteiger partial charge in [0.05, 0.1) is 0 Å². The fourth-order valence-corrected chi connectivity index (χ4v) is 3.24. The third-order valence-corrected chi connectivity index (χ3v) is 4.58. The van der Waals surface area contributed by atoms with Gasteiger partial charge in [-0.05, 0) is 55.6 Å². The second kappa shape index (κ2) is 5.57. The summed E-state index contributed by atoms with van der Waals surface area (Å²) in [4.78, 5) is 0. The maximum Gasteiger partial charge on any atom is 0.126 e. The summed E-state index contributed by atoms with van der Waals surface area (Å²) in [5.41, 5.74) is 1.77. The lowest BCUT2D eigenvalue weighted by atomic mass is 9.84.